The van der Waals surface area contributed by atoms with Crippen molar-refractivity contribution < 1.29 is 46.3 Å². The zero-order valence-electron chi connectivity index (χ0n) is 30.6. The summed E-state index contributed by atoms with van der Waals surface area (Å²) in [5.41, 5.74) is -0.653. The number of amides is 5. The van der Waals surface area contributed by atoms with Crippen molar-refractivity contribution in [3.63, 3.8) is 0 Å². The monoisotopic (exact) mass is 801 g/mol. The van der Waals surface area contributed by atoms with Crippen molar-refractivity contribution in [1.82, 2.24) is 25.2 Å². The van der Waals surface area contributed by atoms with Crippen LogP contribution in [0, 0.1) is 17.7 Å². The van der Waals surface area contributed by atoms with Crippen molar-refractivity contribution in [2.75, 3.05) is 13.2 Å². The van der Waals surface area contributed by atoms with Gasteiger partial charge in [-0.2, -0.15) is 0 Å². The quantitative estimate of drug-likeness (QED) is 0.339. The molecular weight excluding hydrogens is 757 g/mol. The van der Waals surface area contributed by atoms with Gasteiger partial charge in [-0.25, -0.2) is 27.1 Å². The second-order valence-corrected chi connectivity index (χ2v) is 17.0. The molecule has 4 aliphatic rings. The second-order valence-electron chi connectivity index (χ2n) is 14.9. The van der Waals surface area contributed by atoms with Gasteiger partial charge < -0.3 is 25.0 Å². The number of halogens is 2. The molecule has 2 aromatic carbocycles. The third kappa shape index (κ3) is 9.23. The fourth-order valence-electron chi connectivity index (χ4n) is 7.20. The van der Waals surface area contributed by atoms with Gasteiger partial charge in [0.1, 0.15) is 29.5 Å². The molecule has 14 nitrogen and oxygen atoms in total. The van der Waals surface area contributed by atoms with Gasteiger partial charge in [-0.1, -0.05) is 62.6 Å². The summed E-state index contributed by atoms with van der Waals surface area (Å²) in [6.45, 7) is 3.73. The zero-order valence-corrected chi connectivity index (χ0v) is 32.2. The maximum Gasteiger partial charge on any atom is 0.410 e. The van der Waals surface area contributed by atoms with Crippen LogP contribution in [-0.2, 0) is 47.0 Å². The van der Waals surface area contributed by atoms with Gasteiger partial charge in [-0.15, -0.1) is 0 Å². The number of alkyl carbamates (subject to hydrolysis) is 1. The van der Waals surface area contributed by atoms with Gasteiger partial charge in [0, 0.05) is 29.5 Å². The largest absolute Gasteiger partial charge is 0.449 e. The van der Waals surface area contributed by atoms with Crippen LogP contribution in [-0.4, -0.2) is 85.0 Å². The average Bonchev–Trinajstić information content (AvgIpc) is 3.42. The van der Waals surface area contributed by atoms with Crippen LogP contribution in [0.4, 0.5) is 14.0 Å². The van der Waals surface area contributed by atoms with Crippen LogP contribution in [0.5, 0.6) is 0 Å². The number of fused-ring (bicyclic) bond motifs is 3. The number of carbonyl (C=O) groups excluding carboxylic acids is 5. The van der Waals surface area contributed by atoms with E-state index < -0.39 is 75.4 Å². The first kappa shape index (κ1) is 40.0. The van der Waals surface area contributed by atoms with E-state index in [4.69, 9.17) is 21.1 Å². The van der Waals surface area contributed by atoms with Crippen molar-refractivity contribution in [3.8, 4) is 0 Å². The van der Waals surface area contributed by atoms with Gasteiger partial charge >= 0.3 is 12.2 Å². The highest BCUT2D eigenvalue weighted by Crippen LogP contribution is 2.46. The predicted molar refractivity (Wildman–Crippen MR) is 197 cm³/mol. The molecule has 0 aromatic heterocycles. The lowest BCUT2D eigenvalue weighted by molar-refractivity contribution is -0.141. The summed E-state index contributed by atoms with van der Waals surface area (Å²) >= 11 is 5.93. The van der Waals surface area contributed by atoms with Crippen LogP contribution in [0.25, 0.3) is 0 Å². The number of nitrogens with zero attached hydrogens (tertiary/aromatic N) is 2. The van der Waals surface area contributed by atoms with E-state index >= 15 is 0 Å². The average molecular weight is 802 g/mol. The molecule has 1 aliphatic carbocycles. The van der Waals surface area contributed by atoms with Gasteiger partial charge in [-0.05, 0) is 67.5 Å². The van der Waals surface area contributed by atoms with Gasteiger partial charge in [0.15, 0.2) is 0 Å². The number of rotatable bonds is 7. The Morgan fingerprint density at radius 1 is 1.07 bits per heavy atom. The number of sulfonamides is 1. The van der Waals surface area contributed by atoms with Crippen LogP contribution in [0.1, 0.15) is 69.9 Å². The smallest absolute Gasteiger partial charge is 0.410 e. The van der Waals surface area contributed by atoms with Gasteiger partial charge in [0.25, 0.3) is 15.9 Å². The molecule has 0 bridgehead atoms. The van der Waals surface area contributed by atoms with Gasteiger partial charge in [-0.3, -0.25) is 19.3 Å². The summed E-state index contributed by atoms with van der Waals surface area (Å²) in [6.07, 6.45) is 3.90. The Morgan fingerprint density at radius 3 is 2.56 bits per heavy atom. The number of nitrogens with one attached hydrogen (secondary N) is 3. The Hall–Kier alpha value is -4.70. The molecule has 3 heterocycles. The maximum atomic E-state index is 14.4. The minimum Gasteiger partial charge on any atom is -0.449 e. The van der Waals surface area contributed by atoms with Crippen molar-refractivity contribution in [2.24, 2.45) is 11.8 Å². The SMILES string of the molecule is CC(C)COC(=O)N[C@H]1CCCCC/C=C\[C@H]2C[C@]2(C(=O)NS(=O)(=O)c2ccc(Cl)cc2)NC(=O)[C@@H]2C[C@@H](OC(=O)N3Cc4cccc(F)c4C3)CN2C1=O. The van der Waals surface area contributed by atoms with Crippen LogP contribution in [0.15, 0.2) is 59.5 Å². The van der Waals surface area contributed by atoms with Crippen LogP contribution in [0.2, 0.25) is 5.02 Å². The van der Waals surface area contributed by atoms with E-state index in [1.54, 1.807) is 18.2 Å². The molecule has 0 radical (unpaired) electrons. The van der Waals surface area contributed by atoms with Crippen LogP contribution < -0.4 is 15.4 Å². The van der Waals surface area contributed by atoms with E-state index in [1.807, 2.05) is 19.9 Å². The normalized spacial score (nSPS) is 26.1. The van der Waals surface area contributed by atoms with E-state index in [9.17, 15) is 36.8 Å². The number of hydrogen-bond donors (Lipinski definition) is 3. The molecule has 0 spiro atoms. The molecule has 2 aromatic rings. The summed E-state index contributed by atoms with van der Waals surface area (Å²) in [5, 5.41) is 5.72. The molecule has 6 rings (SSSR count). The molecule has 5 amide bonds. The number of allylic oxidation sites excluding steroid dienone is 1. The Kier molecular flexibility index (Phi) is 12.0. The Labute approximate surface area is 324 Å². The highest BCUT2D eigenvalue weighted by Gasteiger charge is 2.61. The number of hydrogen-bond acceptors (Lipinski definition) is 9. The first-order chi connectivity index (χ1) is 26.2. The van der Waals surface area contributed by atoms with Crippen molar-refractivity contribution in [2.45, 2.75) is 101 Å². The molecule has 3 N–H and O–H groups in total. The fourth-order valence-corrected chi connectivity index (χ4v) is 8.37. The lowest BCUT2D eigenvalue weighted by Gasteiger charge is -2.29. The maximum absolute atomic E-state index is 14.4. The molecule has 5 atom stereocenters. The molecule has 1 saturated carbocycles. The van der Waals surface area contributed by atoms with Crippen LogP contribution in [0.3, 0.4) is 0 Å². The number of carbonyl (C=O) groups is 5. The molecule has 2 fully saturated rings. The Balaban J connectivity index is 1.26. The minimum absolute atomic E-state index is 0.0178. The molecule has 55 heavy (non-hydrogen) atoms. The standard InChI is InChI=1S/C38H45ClFN5O9S/c1-23(2)22-53-36(49)41-31-12-7-5-3-4-6-10-25-18-38(25,35(48)43-55(51,52)28-15-13-26(39)14-16-28)42-33(46)32-17-27(20-45(32)34(31)47)54-37(50)44-19-24-9-8-11-30(40)29(24)21-44/h6,8-11,13-16,23,25,27,31-32H,3-5,7,12,17-22H2,1-2H3,(H,41,49)(H,42,46)(H,43,48)/b10-6-/t25-,27+,31-,32-,38-/m0/s1. The van der Waals surface area contributed by atoms with E-state index in [-0.39, 0.29) is 56.3 Å². The third-order valence-corrected chi connectivity index (χ3v) is 11.9. The summed E-state index contributed by atoms with van der Waals surface area (Å²) in [5.74, 6) is -3.29. The molecule has 1 saturated heterocycles. The lowest BCUT2D eigenvalue weighted by atomic mass is 10.0. The molecular formula is C38H45ClFN5O9S. The summed E-state index contributed by atoms with van der Waals surface area (Å²) in [4.78, 5) is 71.0. The first-order valence-corrected chi connectivity index (χ1v) is 20.3. The predicted octanol–water partition coefficient (Wildman–Crippen LogP) is 4.55. The summed E-state index contributed by atoms with van der Waals surface area (Å²) in [6, 6.07) is 7.46. The zero-order chi connectivity index (χ0) is 39.5. The van der Waals surface area contributed by atoms with E-state index in [2.05, 4.69) is 15.4 Å². The second kappa shape index (κ2) is 16.6. The minimum atomic E-state index is -4.36. The molecule has 0 unspecified atom stereocenters. The highest BCUT2D eigenvalue weighted by molar-refractivity contribution is 7.90. The van der Waals surface area contributed by atoms with Gasteiger partial charge in [0.05, 0.1) is 24.6 Å². The fraction of sp³-hybridized carbons (Fsp3) is 0.500. The van der Waals surface area contributed by atoms with E-state index in [1.165, 1.54) is 40.1 Å². The molecule has 3 aliphatic heterocycles. The number of ether oxygens (including phenoxy) is 2. The van der Waals surface area contributed by atoms with Gasteiger partial charge in [0.2, 0.25) is 11.8 Å². The summed E-state index contributed by atoms with van der Waals surface area (Å²) < 4.78 is 54.2. The van der Waals surface area contributed by atoms with Crippen molar-refractivity contribution in [3.05, 3.63) is 76.6 Å². The Morgan fingerprint density at radius 2 is 1.84 bits per heavy atom. The van der Waals surface area contributed by atoms with E-state index in [0.29, 0.717) is 35.4 Å². The van der Waals surface area contributed by atoms with E-state index in [0.717, 1.165) is 6.42 Å². The lowest BCUT2D eigenvalue weighted by Crippen LogP contribution is -2.58. The van der Waals surface area contributed by atoms with Crippen LogP contribution >= 0.6 is 11.6 Å². The molecule has 296 valence electrons. The van der Waals surface area contributed by atoms with Crippen molar-refractivity contribution in [1.29, 1.82) is 0 Å². The number of benzene rings is 2. The molecule has 17 heteroatoms. The summed E-state index contributed by atoms with van der Waals surface area (Å²) in [7, 11) is -4.36. The van der Waals surface area contributed by atoms with Crippen molar-refractivity contribution >= 4 is 51.5 Å². The first-order valence-electron chi connectivity index (χ1n) is 18.4. The third-order valence-electron chi connectivity index (χ3n) is 10.3. The highest BCUT2D eigenvalue weighted by atomic mass is 35.5. The Bertz CT molecular complexity index is 1960. The topological polar surface area (TPSA) is 181 Å².